The molecule has 0 aliphatic heterocycles. The molecule has 2 N–H and O–H groups in total. The summed E-state index contributed by atoms with van der Waals surface area (Å²) in [7, 11) is 0. The molecule has 0 saturated carbocycles. The lowest BCUT2D eigenvalue weighted by Gasteiger charge is -2.36. The quantitative estimate of drug-likeness (QED) is 0.325. The highest BCUT2D eigenvalue weighted by atomic mass is 32.2. The summed E-state index contributed by atoms with van der Waals surface area (Å²) < 4.78 is -0.519. The Hall–Kier alpha value is -3.38. The molecule has 0 fully saturated rings. The van der Waals surface area contributed by atoms with Gasteiger partial charge in [-0.3, -0.25) is 14.4 Å². The largest absolute Gasteiger partial charge is 0.347 e. The second-order valence-corrected chi connectivity index (χ2v) is 10.9. The average molecular weight is 517 g/mol. The molecule has 2 amide bonds. The van der Waals surface area contributed by atoms with Gasteiger partial charge < -0.3 is 10.6 Å². The molecule has 6 heteroatoms. The summed E-state index contributed by atoms with van der Waals surface area (Å²) in [5.74, 6) is -0.608. The van der Waals surface area contributed by atoms with E-state index in [4.69, 9.17) is 0 Å². The molecule has 3 rings (SSSR count). The Balaban J connectivity index is 1.88. The molecule has 0 aromatic heterocycles. The van der Waals surface area contributed by atoms with Gasteiger partial charge in [-0.05, 0) is 29.5 Å². The fraction of sp³-hybridized carbons (Fsp3) is 0.323. The van der Waals surface area contributed by atoms with Crippen molar-refractivity contribution >= 4 is 29.4 Å². The van der Waals surface area contributed by atoms with Gasteiger partial charge in [0.05, 0.1) is 11.3 Å². The van der Waals surface area contributed by atoms with Gasteiger partial charge in [0.1, 0.15) is 11.8 Å². The molecule has 3 aromatic rings. The Bertz CT molecular complexity index is 1070. The smallest absolute Gasteiger partial charge is 0.243 e. The van der Waals surface area contributed by atoms with E-state index < -0.39 is 10.8 Å². The maximum Gasteiger partial charge on any atom is 0.243 e. The van der Waals surface area contributed by atoms with Gasteiger partial charge in [-0.2, -0.15) is 0 Å². The highest BCUT2D eigenvalue weighted by Gasteiger charge is 2.38. The molecule has 5 nitrogen and oxygen atoms in total. The van der Waals surface area contributed by atoms with E-state index in [1.54, 1.807) is 11.8 Å². The van der Waals surface area contributed by atoms with E-state index in [1.165, 1.54) is 6.92 Å². The minimum Gasteiger partial charge on any atom is -0.347 e. The number of carbonyl (C=O) groups excluding carboxylic acids is 3. The van der Waals surface area contributed by atoms with E-state index in [0.717, 1.165) is 16.7 Å². The number of ketones is 1. The Morgan fingerprint density at radius 1 is 0.730 bits per heavy atom. The van der Waals surface area contributed by atoms with Gasteiger partial charge >= 0.3 is 0 Å². The molecule has 0 unspecified atom stereocenters. The molecule has 3 aromatic carbocycles. The van der Waals surface area contributed by atoms with Crippen molar-refractivity contribution in [2.24, 2.45) is 11.8 Å². The number of hydrogen-bond acceptors (Lipinski definition) is 4. The van der Waals surface area contributed by atoms with Crippen LogP contribution in [0.15, 0.2) is 91.0 Å². The fourth-order valence-electron chi connectivity index (χ4n) is 4.25. The van der Waals surface area contributed by atoms with Crippen molar-refractivity contribution in [1.29, 1.82) is 0 Å². The molecular formula is C31H36N2O3S. The van der Waals surface area contributed by atoms with Gasteiger partial charge in [0.25, 0.3) is 0 Å². The normalized spacial score (nSPS) is 13.0. The Labute approximate surface area is 224 Å². The second-order valence-electron chi connectivity index (χ2n) is 9.64. The summed E-state index contributed by atoms with van der Waals surface area (Å²) in [5.41, 5.74) is 3.40. The van der Waals surface area contributed by atoms with Crippen LogP contribution in [-0.2, 0) is 19.1 Å². The molecule has 0 bridgehead atoms. The molecule has 37 heavy (non-hydrogen) atoms. The SMILES string of the molecule is CC(=O)CNC(=O)[C@H](NC(=O)[C@H](C)CSC(c1ccccc1)(c1ccccc1)c1ccccc1)C(C)C. The monoisotopic (exact) mass is 516 g/mol. The first-order valence-corrected chi connectivity index (χ1v) is 13.6. The van der Waals surface area contributed by atoms with Crippen molar-refractivity contribution in [1.82, 2.24) is 10.6 Å². The predicted octanol–water partition coefficient (Wildman–Crippen LogP) is 5.19. The van der Waals surface area contributed by atoms with Gasteiger partial charge in [-0.25, -0.2) is 0 Å². The minimum absolute atomic E-state index is 0.0446. The average Bonchev–Trinajstić information content (AvgIpc) is 2.92. The van der Waals surface area contributed by atoms with Crippen LogP contribution in [-0.4, -0.2) is 35.9 Å². The number of amides is 2. The summed E-state index contributed by atoms with van der Waals surface area (Å²) in [6, 6.07) is 30.3. The van der Waals surface area contributed by atoms with E-state index in [-0.39, 0.29) is 36.0 Å². The second kappa shape index (κ2) is 13.2. The fourth-order valence-corrected chi connectivity index (χ4v) is 5.81. The molecule has 194 valence electrons. The first-order valence-electron chi connectivity index (χ1n) is 12.6. The van der Waals surface area contributed by atoms with Crippen LogP contribution in [0.3, 0.4) is 0 Å². The van der Waals surface area contributed by atoms with E-state index >= 15 is 0 Å². The number of rotatable bonds is 12. The third-order valence-electron chi connectivity index (χ3n) is 6.30. The zero-order valence-electron chi connectivity index (χ0n) is 21.9. The van der Waals surface area contributed by atoms with E-state index in [9.17, 15) is 14.4 Å². The number of benzene rings is 3. The van der Waals surface area contributed by atoms with Crippen molar-refractivity contribution < 1.29 is 14.4 Å². The molecule has 0 aliphatic rings. The van der Waals surface area contributed by atoms with Crippen molar-refractivity contribution in [2.45, 2.75) is 38.5 Å². The van der Waals surface area contributed by atoms with Crippen LogP contribution >= 0.6 is 11.8 Å². The van der Waals surface area contributed by atoms with Crippen LogP contribution in [0.25, 0.3) is 0 Å². The third kappa shape index (κ3) is 7.10. The van der Waals surface area contributed by atoms with Crippen LogP contribution in [0.4, 0.5) is 0 Å². The summed E-state index contributed by atoms with van der Waals surface area (Å²) in [4.78, 5) is 37.2. The Morgan fingerprint density at radius 2 is 1.16 bits per heavy atom. The van der Waals surface area contributed by atoms with Crippen molar-refractivity contribution in [2.75, 3.05) is 12.3 Å². The van der Waals surface area contributed by atoms with Gasteiger partial charge in [0, 0.05) is 11.7 Å². The number of nitrogens with one attached hydrogen (secondary N) is 2. The predicted molar refractivity (Wildman–Crippen MR) is 151 cm³/mol. The molecular weight excluding hydrogens is 480 g/mol. The highest BCUT2D eigenvalue weighted by Crippen LogP contribution is 2.48. The third-order valence-corrected chi connectivity index (χ3v) is 8.10. The molecule has 0 saturated heterocycles. The molecule has 0 aliphatic carbocycles. The lowest BCUT2D eigenvalue weighted by molar-refractivity contribution is -0.132. The molecule has 2 atom stereocenters. The number of carbonyl (C=O) groups is 3. The first-order chi connectivity index (χ1) is 17.8. The van der Waals surface area contributed by atoms with E-state index in [0.29, 0.717) is 5.75 Å². The van der Waals surface area contributed by atoms with Gasteiger partial charge in [-0.1, -0.05) is 112 Å². The topological polar surface area (TPSA) is 75.3 Å². The van der Waals surface area contributed by atoms with Gasteiger partial charge in [0.15, 0.2) is 0 Å². The maximum absolute atomic E-state index is 13.3. The van der Waals surface area contributed by atoms with Crippen LogP contribution in [0.5, 0.6) is 0 Å². The van der Waals surface area contributed by atoms with E-state index in [1.807, 2.05) is 75.4 Å². The van der Waals surface area contributed by atoms with Crippen LogP contribution in [0, 0.1) is 11.8 Å². The number of hydrogen-bond donors (Lipinski definition) is 2. The van der Waals surface area contributed by atoms with Gasteiger partial charge in [-0.15, -0.1) is 11.8 Å². The zero-order chi connectivity index (χ0) is 26.8. The van der Waals surface area contributed by atoms with Crippen molar-refractivity contribution in [3.8, 4) is 0 Å². The Kier molecular flexibility index (Phi) is 10.1. The standard InChI is InChI=1S/C31H36N2O3S/c1-22(2)28(30(36)32-20-24(4)34)33-29(35)23(3)21-37-31(25-14-8-5-9-15-25,26-16-10-6-11-17-26)27-18-12-7-13-19-27/h5-19,22-23,28H,20-21H2,1-4H3,(H,32,36)(H,33,35)/t23-,28-/m1/s1. The summed E-state index contributed by atoms with van der Waals surface area (Å²) in [6.45, 7) is 7.02. The zero-order valence-corrected chi connectivity index (χ0v) is 22.8. The minimum atomic E-state index is -0.707. The van der Waals surface area contributed by atoms with E-state index in [2.05, 4.69) is 47.0 Å². The van der Waals surface area contributed by atoms with Crippen LogP contribution < -0.4 is 10.6 Å². The lowest BCUT2D eigenvalue weighted by atomic mass is 9.84. The maximum atomic E-state index is 13.3. The lowest BCUT2D eigenvalue weighted by Crippen LogP contribution is -2.51. The summed E-state index contributed by atoms with van der Waals surface area (Å²) in [5, 5.41) is 5.54. The summed E-state index contributed by atoms with van der Waals surface area (Å²) >= 11 is 1.72. The molecule has 0 heterocycles. The van der Waals surface area contributed by atoms with Crippen LogP contribution in [0.2, 0.25) is 0 Å². The molecule has 0 radical (unpaired) electrons. The van der Waals surface area contributed by atoms with Crippen molar-refractivity contribution in [3.63, 3.8) is 0 Å². The highest BCUT2D eigenvalue weighted by molar-refractivity contribution is 8.00. The first kappa shape index (κ1) is 28.2. The van der Waals surface area contributed by atoms with Gasteiger partial charge in [0.2, 0.25) is 11.8 Å². The number of thioether (sulfide) groups is 1. The number of Topliss-reactive ketones (excluding diaryl/α,β-unsaturated/α-hetero) is 1. The Morgan fingerprint density at radius 3 is 1.54 bits per heavy atom. The summed E-state index contributed by atoms with van der Waals surface area (Å²) in [6.07, 6.45) is 0. The molecule has 0 spiro atoms. The van der Waals surface area contributed by atoms with Crippen LogP contribution in [0.1, 0.15) is 44.4 Å². The van der Waals surface area contributed by atoms with Crippen molar-refractivity contribution in [3.05, 3.63) is 108 Å².